The first-order valence-electron chi connectivity index (χ1n) is 9.13. The van der Waals surface area contributed by atoms with Gasteiger partial charge in [-0.15, -0.1) is 0 Å². The number of hydrogen-bond donors (Lipinski definition) is 0. The SMILES string of the molecule is C[C@@H](c1ccc(C2OCCO2)cc1)[Si](c1ccccc1)c1ccccc1. The van der Waals surface area contributed by atoms with E-state index in [-0.39, 0.29) is 6.29 Å². The molecule has 0 spiro atoms. The van der Waals surface area contributed by atoms with E-state index in [1.54, 1.807) is 0 Å². The van der Waals surface area contributed by atoms with Crippen molar-refractivity contribution in [2.24, 2.45) is 0 Å². The van der Waals surface area contributed by atoms with Crippen LogP contribution in [0.1, 0.15) is 29.9 Å². The van der Waals surface area contributed by atoms with E-state index in [0.717, 1.165) is 5.56 Å². The highest BCUT2D eigenvalue weighted by Gasteiger charge is 2.25. The summed E-state index contributed by atoms with van der Waals surface area (Å²) in [6.07, 6.45) is -0.202. The second-order valence-electron chi connectivity index (χ2n) is 6.61. The molecule has 0 aliphatic carbocycles. The third kappa shape index (κ3) is 3.65. The van der Waals surface area contributed by atoms with Crippen molar-refractivity contribution in [3.8, 4) is 0 Å². The van der Waals surface area contributed by atoms with Gasteiger partial charge in [0.15, 0.2) is 6.29 Å². The quantitative estimate of drug-likeness (QED) is 0.647. The summed E-state index contributed by atoms with van der Waals surface area (Å²) in [6, 6.07) is 30.6. The summed E-state index contributed by atoms with van der Waals surface area (Å²) in [6.45, 7) is 3.71. The zero-order valence-electron chi connectivity index (χ0n) is 15.0. The molecule has 0 amide bonds. The highest BCUT2D eigenvalue weighted by atomic mass is 28.3. The Morgan fingerprint density at radius 1 is 0.731 bits per heavy atom. The Hall–Kier alpha value is -2.20. The summed E-state index contributed by atoms with van der Waals surface area (Å²) < 4.78 is 11.2. The molecule has 1 saturated heterocycles. The molecule has 3 aromatic carbocycles. The van der Waals surface area contributed by atoms with Crippen LogP contribution in [0.15, 0.2) is 84.9 Å². The highest BCUT2D eigenvalue weighted by molar-refractivity contribution is 6.86. The van der Waals surface area contributed by atoms with E-state index in [2.05, 4.69) is 91.9 Å². The Morgan fingerprint density at radius 2 is 1.23 bits per heavy atom. The van der Waals surface area contributed by atoms with Gasteiger partial charge in [-0.2, -0.15) is 0 Å². The van der Waals surface area contributed by atoms with Crippen LogP contribution in [0.5, 0.6) is 0 Å². The van der Waals surface area contributed by atoms with E-state index in [0.29, 0.717) is 18.8 Å². The molecule has 131 valence electrons. The fraction of sp³-hybridized carbons (Fsp3) is 0.217. The Balaban J connectivity index is 1.65. The molecule has 1 aliphatic heterocycles. The van der Waals surface area contributed by atoms with E-state index in [1.807, 2.05) is 0 Å². The van der Waals surface area contributed by atoms with Crippen LogP contribution < -0.4 is 10.4 Å². The maximum absolute atomic E-state index is 5.61. The first-order valence-corrected chi connectivity index (χ1v) is 10.7. The summed E-state index contributed by atoms with van der Waals surface area (Å²) in [5.41, 5.74) is 2.93. The summed E-state index contributed by atoms with van der Waals surface area (Å²) in [5, 5.41) is 2.89. The van der Waals surface area contributed by atoms with Crippen molar-refractivity contribution in [3.63, 3.8) is 0 Å². The molecule has 2 nitrogen and oxygen atoms in total. The summed E-state index contributed by atoms with van der Waals surface area (Å²) >= 11 is 0. The van der Waals surface area contributed by atoms with Crippen LogP contribution in [0.2, 0.25) is 0 Å². The average Bonchev–Trinajstić information content (AvgIpc) is 3.25. The van der Waals surface area contributed by atoms with Gasteiger partial charge < -0.3 is 9.47 Å². The maximum Gasteiger partial charge on any atom is 0.184 e. The summed E-state index contributed by atoms with van der Waals surface area (Å²) in [7, 11) is -0.923. The molecule has 0 saturated carbocycles. The van der Waals surface area contributed by atoms with Crippen LogP contribution in [-0.2, 0) is 9.47 Å². The third-order valence-corrected chi connectivity index (χ3v) is 8.04. The van der Waals surface area contributed by atoms with E-state index < -0.39 is 8.80 Å². The molecule has 0 aromatic heterocycles. The Bertz CT molecular complexity index is 772. The minimum atomic E-state index is -0.923. The molecule has 1 heterocycles. The zero-order chi connectivity index (χ0) is 17.8. The zero-order valence-corrected chi connectivity index (χ0v) is 16.0. The predicted octanol–water partition coefficient (Wildman–Crippen LogP) is 3.68. The Morgan fingerprint density at radius 3 is 1.73 bits per heavy atom. The molecule has 0 N–H and O–H groups in total. The minimum absolute atomic E-state index is 0.202. The van der Waals surface area contributed by atoms with Crippen LogP contribution in [-0.4, -0.2) is 22.0 Å². The first kappa shape index (κ1) is 17.2. The van der Waals surface area contributed by atoms with Gasteiger partial charge in [-0.05, 0) is 11.1 Å². The Kier molecular flexibility index (Phi) is 5.30. The smallest absolute Gasteiger partial charge is 0.184 e. The van der Waals surface area contributed by atoms with Gasteiger partial charge in [-0.25, -0.2) is 0 Å². The van der Waals surface area contributed by atoms with Crippen molar-refractivity contribution >= 4 is 19.2 Å². The summed E-state index contributed by atoms with van der Waals surface area (Å²) in [4.78, 5) is 0. The Labute approximate surface area is 157 Å². The van der Waals surface area contributed by atoms with Crippen molar-refractivity contribution in [3.05, 3.63) is 96.1 Å². The molecule has 1 fully saturated rings. The van der Waals surface area contributed by atoms with Crippen molar-refractivity contribution in [1.82, 2.24) is 0 Å². The van der Waals surface area contributed by atoms with E-state index >= 15 is 0 Å². The molecular weight excluding hydrogens is 336 g/mol. The standard InChI is InChI=1S/C23H23O2Si/c1-18(19-12-14-20(15-13-19)23-24-16-17-25-23)26(21-8-4-2-5-9-21)22-10-6-3-7-11-22/h2-15,18,23H,16-17H2,1H3/t18-/m0/s1. The first-order chi connectivity index (χ1) is 12.8. The molecule has 1 atom stereocenters. The van der Waals surface area contributed by atoms with Crippen molar-refractivity contribution < 1.29 is 9.47 Å². The van der Waals surface area contributed by atoms with Gasteiger partial charge in [-0.3, -0.25) is 0 Å². The maximum atomic E-state index is 5.61. The molecular formula is C23H23O2Si. The predicted molar refractivity (Wildman–Crippen MR) is 107 cm³/mol. The van der Waals surface area contributed by atoms with Gasteiger partial charge in [0, 0.05) is 5.56 Å². The van der Waals surface area contributed by atoms with E-state index in [4.69, 9.17) is 9.47 Å². The van der Waals surface area contributed by atoms with Gasteiger partial charge >= 0.3 is 0 Å². The van der Waals surface area contributed by atoms with Gasteiger partial charge in [-0.1, -0.05) is 102 Å². The monoisotopic (exact) mass is 359 g/mol. The lowest BCUT2D eigenvalue weighted by atomic mass is 10.1. The lowest BCUT2D eigenvalue weighted by Crippen LogP contribution is -2.46. The molecule has 1 aliphatic rings. The van der Waals surface area contributed by atoms with Crippen LogP contribution >= 0.6 is 0 Å². The highest BCUT2D eigenvalue weighted by Crippen LogP contribution is 2.26. The molecule has 0 unspecified atom stereocenters. The van der Waals surface area contributed by atoms with Crippen molar-refractivity contribution in [1.29, 1.82) is 0 Å². The van der Waals surface area contributed by atoms with Crippen LogP contribution in [0.3, 0.4) is 0 Å². The second-order valence-corrected chi connectivity index (χ2v) is 9.46. The normalized spacial score (nSPS) is 16.1. The molecule has 3 aromatic rings. The molecule has 4 rings (SSSR count). The number of rotatable bonds is 5. The molecule has 1 radical (unpaired) electrons. The average molecular weight is 360 g/mol. The van der Waals surface area contributed by atoms with Crippen LogP contribution in [0.25, 0.3) is 0 Å². The van der Waals surface area contributed by atoms with Gasteiger partial charge in [0.25, 0.3) is 0 Å². The van der Waals surface area contributed by atoms with Crippen molar-refractivity contribution in [2.75, 3.05) is 13.2 Å². The lowest BCUT2D eigenvalue weighted by molar-refractivity contribution is -0.0441. The largest absolute Gasteiger partial charge is 0.346 e. The molecule has 26 heavy (non-hydrogen) atoms. The minimum Gasteiger partial charge on any atom is -0.346 e. The van der Waals surface area contributed by atoms with Gasteiger partial charge in [0.1, 0.15) is 8.80 Å². The fourth-order valence-electron chi connectivity index (χ4n) is 3.56. The van der Waals surface area contributed by atoms with Gasteiger partial charge in [0.2, 0.25) is 0 Å². The van der Waals surface area contributed by atoms with Gasteiger partial charge in [0.05, 0.1) is 13.2 Å². The fourth-order valence-corrected chi connectivity index (χ4v) is 6.52. The summed E-state index contributed by atoms with van der Waals surface area (Å²) in [5.74, 6) is 0. The number of hydrogen-bond acceptors (Lipinski definition) is 2. The molecule has 3 heteroatoms. The third-order valence-electron chi connectivity index (χ3n) is 4.93. The number of ether oxygens (including phenoxy) is 2. The number of benzene rings is 3. The lowest BCUT2D eigenvalue weighted by Gasteiger charge is -2.24. The van der Waals surface area contributed by atoms with Crippen molar-refractivity contribution in [2.45, 2.75) is 18.8 Å². The van der Waals surface area contributed by atoms with Crippen LogP contribution in [0.4, 0.5) is 0 Å². The van der Waals surface area contributed by atoms with E-state index in [9.17, 15) is 0 Å². The van der Waals surface area contributed by atoms with Crippen LogP contribution in [0, 0.1) is 0 Å². The van der Waals surface area contributed by atoms with E-state index in [1.165, 1.54) is 15.9 Å². The topological polar surface area (TPSA) is 18.5 Å². The second kappa shape index (κ2) is 8.00. The molecule has 0 bridgehead atoms.